The number of hydrogen-bond acceptors (Lipinski definition) is 2. The number of carbonyl (C=O) groups is 2. The van der Waals surface area contributed by atoms with Gasteiger partial charge in [0.15, 0.2) is 5.78 Å². The molecule has 25 heavy (non-hydrogen) atoms. The molecule has 1 unspecified atom stereocenters. The summed E-state index contributed by atoms with van der Waals surface area (Å²) in [4.78, 5) is 24.7. The molecule has 0 aliphatic heterocycles. The molecule has 3 fully saturated rings. The molecule has 134 valence electrons. The Morgan fingerprint density at radius 2 is 1.84 bits per heavy atom. The van der Waals surface area contributed by atoms with E-state index in [9.17, 15) is 9.59 Å². The zero-order valence-corrected chi connectivity index (χ0v) is 15.9. The van der Waals surface area contributed by atoms with E-state index in [-0.39, 0.29) is 10.8 Å². The molecule has 2 nitrogen and oxygen atoms in total. The number of ketones is 2. The third-order valence-electron chi connectivity index (χ3n) is 8.35. The van der Waals surface area contributed by atoms with Crippen LogP contribution < -0.4 is 0 Å². The molecule has 4 rings (SSSR count). The van der Waals surface area contributed by atoms with E-state index >= 15 is 0 Å². The third-order valence-corrected chi connectivity index (χ3v) is 8.35. The molecule has 4 aliphatic carbocycles. The highest BCUT2D eigenvalue weighted by Gasteiger charge is 2.60. The van der Waals surface area contributed by atoms with E-state index < -0.39 is 0 Å². The fraction of sp³-hybridized carbons (Fsp3) is 0.739. The lowest BCUT2D eigenvalue weighted by molar-refractivity contribution is -0.133. The maximum Gasteiger partial charge on any atom is 0.155 e. The molecule has 3 saturated carbocycles. The van der Waals surface area contributed by atoms with Crippen LogP contribution in [-0.2, 0) is 9.59 Å². The Labute approximate surface area is 151 Å². The summed E-state index contributed by atoms with van der Waals surface area (Å²) in [6.07, 6.45) is 9.72. The van der Waals surface area contributed by atoms with Crippen LogP contribution in [0.15, 0.2) is 11.6 Å². The fourth-order valence-corrected chi connectivity index (χ4v) is 6.97. The van der Waals surface area contributed by atoms with Gasteiger partial charge in [0.05, 0.1) is 0 Å². The van der Waals surface area contributed by atoms with Crippen LogP contribution in [0.4, 0.5) is 0 Å². The van der Waals surface area contributed by atoms with E-state index in [1.807, 2.05) is 13.0 Å². The van der Waals surface area contributed by atoms with Crippen LogP contribution in [0.3, 0.4) is 0 Å². The summed E-state index contributed by atoms with van der Waals surface area (Å²) in [7, 11) is 0. The largest absolute Gasteiger partial charge is 0.299 e. The van der Waals surface area contributed by atoms with Crippen molar-refractivity contribution in [3.05, 3.63) is 11.6 Å². The Hall–Kier alpha value is -1.36. The summed E-state index contributed by atoms with van der Waals surface area (Å²) in [5.74, 6) is 9.37. The topological polar surface area (TPSA) is 34.1 Å². The van der Waals surface area contributed by atoms with Gasteiger partial charge in [0.2, 0.25) is 0 Å². The van der Waals surface area contributed by atoms with Crippen LogP contribution in [0.25, 0.3) is 0 Å². The average molecular weight is 338 g/mol. The van der Waals surface area contributed by atoms with Gasteiger partial charge in [-0.05, 0) is 74.2 Å². The second kappa shape index (κ2) is 5.83. The Morgan fingerprint density at radius 3 is 2.60 bits per heavy atom. The standard InChI is InChI=1S/C23H30O2/c1-4-5-6-15-13-17-18-7-8-21(25)23(18,3)12-10-19(17)22(2)11-9-16(24)14-20(15)22/h14-15,17-19H,6-13H2,1-3H3/t15?,17-,18-,19+,22+,23-/m0/s1. The maximum atomic E-state index is 12.6. The molecule has 0 aromatic heterocycles. The fourth-order valence-electron chi connectivity index (χ4n) is 6.97. The van der Waals surface area contributed by atoms with E-state index in [0.29, 0.717) is 41.7 Å². The molecule has 4 aliphatic rings. The van der Waals surface area contributed by atoms with E-state index in [2.05, 4.69) is 25.7 Å². The van der Waals surface area contributed by atoms with Crippen molar-refractivity contribution in [2.75, 3.05) is 0 Å². The number of carbonyl (C=O) groups excluding carboxylic acids is 2. The van der Waals surface area contributed by atoms with Gasteiger partial charge >= 0.3 is 0 Å². The molecule has 0 aromatic carbocycles. The molecule has 0 aromatic rings. The van der Waals surface area contributed by atoms with Crippen molar-refractivity contribution >= 4 is 11.6 Å². The second-order valence-electron chi connectivity index (χ2n) is 9.34. The molecular formula is C23H30O2. The summed E-state index contributed by atoms with van der Waals surface area (Å²) in [5, 5.41) is 0. The minimum atomic E-state index is -0.0792. The predicted octanol–water partition coefficient (Wildman–Crippen LogP) is 4.73. The van der Waals surface area contributed by atoms with Gasteiger partial charge < -0.3 is 0 Å². The van der Waals surface area contributed by atoms with Gasteiger partial charge in [0, 0.05) is 24.7 Å². The average Bonchev–Trinajstić information content (AvgIpc) is 2.89. The lowest BCUT2D eigenvalue weighted by Crippen LogP contribution is -2.52. The van der Waals surface area contributed by atoms with Crippen LogP contribution in [0, 0.1) is 46.3 Å². The van der Waals surface area contributed by atoms with Crippen LogP contribution in [0.2, 0.25) is 0 Å². The first kappa shape index (κ1) is 17.1. The zero-order chi connectivity index (χ0) is 17.8. The van der Waals surface area contributed by atoms with E-state index in [1.54, 1.807) is 0 Å². The molecule has 6 atom stereocenters. The van der Waals surface area contributed by atoms with E-state index in [4.69, 9.17) is 0 Å². The van der Waals surface area contributed by atoms with E-state index in [0.717, 1.165) is 44.9 Å². The van der Waals surface area contributed by atoms with Gasteiger partial charge in [-0.25, -0.2) is 0 Å². The Kier molecular flexibility index (Phi) is 3.98. The number of hydrogen-bond donors (Lipinski definition) is 0. The molecule has 0 amide bonds. The third kappa shape index (κ3) is 2.38. The minimum Gasteiger partial charge on any atom is -0.299 e. The number of Topliss-reactive ketones (excluding diaryl/α,β-unsaturated/α-hetero) is 1. The van der Waals surface area contributed by atoms with Crippen LogP contribution in [0.5, 0.6) is 0 Å². The van der Waals surface area contributed by atoms with E-state index in [1.165, 1.54) is 5.57 Å². The first-order valence-electron chi connectivity index (χ1n) is 10.1. The van der Waals surface area contributed by atoms with Crippen molar-refractivity contribution in [1.82, 2.24) is 0 Å². The highest BCUT2D eigenvalue weighted by atomic mass is 16.1. The van der Waals surface area contributed by atoms with Gasteiger partial charge in [-0.2, -0.15) is 0 Å². The van der Waals surface area contributed by atoms with Crippen LogP contribution >= 0.6 is 0 Å². The van der Waals surface area contributed by atoms with Crippen molar-refractivity contribution in [2.24, 2.45) is 34.5 Å². The lowest BCUT2D eigenvalue weighted by Gasteiger charge is -2.58. The summed E-state index contributed by atoms with van der Waals surface area (Å²) in [6.45, 7) is 6.55. The second-order valence-corrected chi connectivity index (χ2v) is 9.34. The first-order chi connectivity index (χ1) is 11.9. The molecule has 2 heteroatoms. The highest BCUT2D eigenvalue weighted by Crippen LogP contribution is 2.65. The van der Waals surface area contributed by atoms with Crippen molar-refractivity contribution in [3.8, 4) is 11.8 Å². The first-order valence-corrected chi connectivity index (χ1v) is 10.1. The number of allylic oxidation sites excluding steroid dienone is 1. The van der Waals surface area contributed by atoms with Crippen LogP contribution in [0.1, 0.15) is 72.1 Å². The summed E-state index contributed by atoms with van der Waals surface area (Å²) in [5.41, 5.74) is 1.45. The Bertz CT molecular complexity index is 705. The Balaban J connectivity index is 1.75. The zero-order valence-electron chi connectivity index (χ0n) is 15.9. The molecule has 0 radical (unpaired) electrons. The smallest absolute Gasteiger partial charge is 0.155 e. The van der Waals surface area contributed by atoms with Crippen molar-refractivity contribution < 1.29 is 9.59 Å². The van der Waals surface area contributed by atoms with Gasteiger partial charge in [-0.3, -0.25) is 9.59 Å². The lowest BCUT2D eigenvalue weighted by atomic mass is 9.45. The highest BCUT2D eigenvalue weighted by molar-refractivity contribution is 5.92. The summed E-state index contributed by atoms with van der Waals surface area (Å²) in [6, 6.07) is 0. The molecule has 0 N–H and O–H groups in total. The predicted molar refractivity (Wildman–Crippen MR) is 98.7 cm³/mol. The molecule has 0 bridgehead atoms. The normalized spacial score (nSPS) is 45.6. The Morgan fingerprint density at radius 1 is 1.08 bits per heavy atom. The quantitative estimate of drug-likeness (QED) is 0.648. The molecule has 0 spiro atoms. The summed E-state index contributed by atoms with van der Waals surface area (Å²) < 4.78 is 0. The van der Waals surface area contributed by atoms with Gasteiger partial charge in [0.1, 0.15) is 5.78 Å². The van der Waals surface area contributed by atoms with Gasteiger partial charge in [-0.1, -0.05) is 19.4 Å². The maximum absolute atomic E-state index is 12.6. The minimum absolute atomic E-state index is 0.0792. The van der Waals surface area contributed by atoms with Gasteiger partial charge in [0.25, 0.3) is 0 Å². The van der Waals surface area contributed by atoms with Crippen LogP contribution in [-0.4, -0.2) is 11.6 Å². The SMILES string of the molecule is CC#CCC1C[C@@H]2[C@@H](CC[C@]3(C)C(=O)CC[C@@H]23)[C@@]2(C)CCC(=O)C=C12. The van der Waals surface area contributed by atoms with Gasteiger partial charge in [-0.15, -0.1) is 11.8 Å². The van der Waals surface area contributed by atoms with Crippen molar-refractivity contribution in [3.63, 3.8) is 0 Å². The molecule has 0 saturated heterocycles. The number of fused-ring (bicyclic) bond motifs is 5. The molecule has 0 heterocycles. The molecular weight excluding hydrogens is 308 g/mol. The van der Waals surface area contributed by atoms with Crippen molar-refractivity contribution in [1.29, 1.82) is 0 Å². The number of rotatable bonds is 1. The monoisotopic (exact) mass is 338 g/mol. The van der Waals surface area contributed by atoms with Crippen molar-refractivity contribution in [2.45, 2.75) is 72.1 Å². The summed E-state index contributed by atoms with van der Waals surface area (Å²) >= 11 is 0.